The Bertz CT molecular complexity index is 294. The second kappa shape index (κ2) is 9.44. The fourth-order valence-corrected chi connectivity index (χ4v) is 1.97. The van der Waals surface area contributed by atoms with Gasteiger partial charge in [-0.05, 0) is 26.3 Å². The molecule has 1 heterocycles. The number of aromatic nitrogens is 2. The van der Waals surface area contributed by atoms with Crippen molar-refractivity contribution < 1.29 is 9.15 Å². The van der Waals surface area contributed by atoms with Crippen LogP contribution in [-0.4, -0.2) is 42.3 Å². The second-order valence-corrected chi connectivity index (χ2v) is 4.64. The first-order chi connectivity index (χ1) is 8.33. The maximum atomic E-state index is 5.26. The largest absolute Gasteiger partial charge is 0.416 e. The molecule has 1 N–H and O–H groups in total. The third-order valence-corrected chi connectivity index (χ3v) is 2.93. The minimum absolute atomic E-state index is 0.622. The quantitative estimate of drug-likeness (QED) is 0.511. The van der Waals surface area contributed by atoms with Gasteiger partial charge in [0.2, 0.25) is 5.89 Å². The van der Waals surface area contributed by atoms with Gasteiger partial charge in [-0.3, -0.25) is 0 Å². The molecule has 0 fully saturated rings. The van der Waals surface area contributed by atoms with Crippen molar-refractivity contribution in [3.8, 4) is 0 Å². The molecule has 0 aliphatic carbocycles. The van der Waals surface area contributed by atoms with Crippen LogP contribution in [0.3, 0.4) is 0 Å². The van der Waals surface area contributed by atoms with E-state index in [-0.39, 0.29) is 0 Å². The molecule has 5 nitrogen and oxygen atoms in total. The van der Waals surface area contributed by atoms with E-state index >= 15 is 0 Å². The maximum Gasteiger partial charge on any atom is 0.276 e. The van der Waals surface area contributed by atoms with Crippen molar-refractivity contribution in [1.29, 1.82) is 0 Å². The van der Waals surface area contributed by atoms with Crippen LogP contribution in [0.5, 0.6) is 0 Å². The lowest BCUT2D eigenvalue weighted by Crippen LogP contribution is -2.18. The van der Waals surface area contributed by atoms with Crippen LogP contribution in [0, 0.1) is 6.92 Å². The van der Waals surface area contributed by atoms with Crippen molar-refractivity contribution in [1.82, 2.24) is 15.5 Å². The predicted octanol–water partition coefficient (Wildman–Crippen LogP) is 1.88. The summed E-state index contributed by atoms with van der Waals surface area (Å²) >= 11 is 1.59. The molecule has 0 amide bonds. The van der Waals surface area contributed by atoms with Gasteiger partial charge in [0, 0.05) is 32.4 Å². The van der Waals surface area contributed by atoms with Crippen LogP contribution in [0.15, 0.2) is 9.64 Å². The minimum Gasteiger partial charge on any atom is -0.416 e. The first-order valence-corrected chi connectivity index (χ1v) is 7.03. The van der Waals surface area contributed by atoms with Gasteiger partial charge in [-0.25, -0.2) is 0 Å². The van der Waals surface area contributed by atoms with E-state index in [2.05, 4.69) is 15.5 Å². The second-order valence-electron chi connectivity index (χ2n) is 3.59. The SMILES string of the molecule is CCOCCCCNCCSc1nnc(C)o1. The first kappa shape index (κ1) is 14.5. The highest BCUT2D eigenvalue weighted by Crippen LogP contribution is 2.14. The van der Waals surface area contributed by atoms with E-state index in [4.69, 9.17) is 9.15 Å². The number of hydrogen-bond acceptors (Lipinski definition) is 6. The normalized spacial score (nSPS) is 10.9. The molecular formula is C11H21N3O2S. The van der Waals surface area contributed by atoms with E-state index in [1.165, 1.54) is 0 Å². The molecule has 6 heteroatoms. The molecule has 98 valence electrons. The highest BCUT2D eigenvalue weighted by atomic mass is 32.2. The zero-order valence-corrected chi connectivity index (χ0v) is 11.4. The van der Waals surface area contributed by atoms with Crippen LogP contribution in [-0.2, 0) is 4.74 Å². The lowest BCUT2D eigenvalue weighted by Gasteiger charge is -2.03. The van der Waals surface area contributed by atoms with Crippen molar-refractivity contribution in [3.05, 3.63) is 5.89 Å². The summed E-state index contributed by atoms with van der Waals surface area (Å²) in [7, 11) is 0. The molecule has 1 rings (SSSR count). The van der Waals surface area contributed by atoms with E-state index in [1.54, 1.807) is 18.7 Å². The van der Waals surface area contributed by atoms with Crippen molar-refractivity contribution >= 4 is 11.8 Å². The number of ether oxygens (including phenoxy) is 1. The zero-order valence-electron chi connectivity index (χ0n) is 10.6. The third-order valence-electron chi connectivity index (χ3n) is 2.11. The van der Waals surface area contributed by atoms with Gasteiger partial charge in [0.15, 0.2) is 0 Å². The molecule has 0 unspecified atom stereocenters. The molecule has 0 bridgehead atoms. The van der Waals surface area contributed by atoms with Gasteiger partial charge in [0.05, 0.1) is 0 Å². The van der Waals surface area contributed by atoms with Crippen LogP contribution in [0.2, 0.25) is 0 Å². The van der Waals surface area contributed by atoms with Gasteiger partial charge in [0.25, 0.3) is 5.22 Å². The molecule has 0 saturated carbocycles. The summed E-state index contributed by atoms with van der Waals surface area (Å²) in [5, 5.41) is 11.7. The lowest BCUT2D eigenvalue weighted by atomic mass is 10.3. The van der Waals surface area contributed by atoms with E-state index in [0.29, 0.717) is 11.1 Å². The molecule has 0 aliphatic heterocycles. The van der Waals surface area contributed by atoms with Crippen LogP contribution >= 0.6 is 11.8 Å². The lowest BCUT2D eigenvalue weighted by molar-refractivity contribution is 0.143. The summed E-state index contributed by atoms with van der Waals surface area (Å²) in [6, 6.07) is 0. The molecule has 0 saturated heterocycles. The van der Waals surface area contributed by atoms with Crippen molar-refractivity contribution in [3.63, 3.8) is 0 Å². The van der Waals surface area contributed by atoms with Gasteiger partial charge in [0.1, 0.15) is 0 Å². The summed E-state index contributed by atoms with van der Waals surface area (Å²) in [6.45, 7) is 7.50. The molecule has 0 radical (unpaired) electrons. The van der Waals surface area contributed by atoms with Crippen LogP contribution in [0.1, 0.15) is 25.7 Å². The Labute approximate surface area is 107 Å². The average molecular weight is 259 g/mol. The van der Waals surface area contributed by atoms with Gasteiger partial charge in [-0.1, -0.05) is 11.8 Å². The number of hydrogen-bond donors (Lipinski definition) is 1. The van der Waals surface area contributed by atoms with Crippen LogP contribution in [0.25, 0.3) is 0 Å². The molecular weight excluding hydrogens is 238 g/mol. The Morgan fingerprint density at radius 3 is 2.88 bits per heavy atom. The molecule has 0 atom stereocenters. The molecule has 1 aromatic rings. The summed E-state index contributed by atoms with van der Waals surface area (Å²) in [6.07, 6.45) is 2.28. The summed E-state index contributed by atoms with van der Waals surface area (Å²) < 4.78 is 10.5. The Hall–Kier alpha value is -0.590. The van der Waals surface area contributed by atoms with Crippen molar-refractivity contribution in [2.24, 2.45) is 0 Å². The number of unbranched alkanes of at least 4 members (excludes halogenated alkanes) is 1. The summed E-state index contributed by atoms with van der Waals surface area (Å²) in [5.74, 6) is 1.57. The maximum absolute atomic E-state index is 5.26. The number of rotatable bonds is 10. The predicted molar refractivity (Wildman–Crippen MR) is 68.4 cm³/mol. The number of nitrogens with zero attached hydrogens (tertiary/aromatic N) is 2. The number of thioether (sulfide) groups is 1. The number of nitrogens with one attached hydrogen (secondary N) is 1. The molecule has 0 aliphatic rings. The first-order valence-electron chi connectivity index (χ1n) is 6.04. The van der Waals surface area contributed by atoms with Crippen molar-refractivity contribution in [2.45, 2.75) is 31.9 Å². The average Bonchev–Trinajstić information content (AvgIpc) is 2.73. The topological polar surface area (TPSA) is 60.2 Å². The smallest absolute Gasteiger partial charge is 0.276 e. The van der Waals surface area contributed by atoms with Gasteiger partial charge >= 0.3 is 0 Å². The molecule has 1 aromatic heterocycles. The van der Waals surface area contributed by atoms with Crippen molar-refractivity contribution in [2.75, 3.05) is 32.1 Å². The summed E-state index contributed by atoms with van der Waals surface area (Å²) in [4.78, 5) is 0. The molecule has 0 aromatic carbocycles. The highest BCUT2D eigenvalue weighted by Gasteiger charge is 2.01. The van der Waals surface area contributed by atoms with Gasteiger partial charge < -0.3 is 14.5 Å². The third kappa shape index (κ3) is 7.36. The Morgan fingerprint density at radius 1 is 1.29 bits per heavy atom. The van der Waals surface area contributed by atoms with E-state index in [1.807, 2.05) is 6.92 Å². The number of aryl methyl sites for hydroxylation is 1. The van der Waals surface area contributed by atoms with E-state index in [0.717, 1.165) is 44.9 Å². The zero-order chi connectivity index (χ0) is 12.3. The van der Waals surface area contributed by atoms with Gasteiger partial charge in [-0.2, -0.15) is 0 Å². The Balaban J connectivity index is 1.84. The Kier molecular flexibility index (Phi) is 8.04. The monoisotopic (exact) mass is 259 g/mol. The van der Waals surface area contributed by atoms with E-state index < -0.39 is 0 Å². The minimum atomic E-state index is 0.622. The molecule has 0 spiro atoms. The van der Waals surface area contributed by atoms with E-state index in [9.17, 15) is 0 Å². The van der Waals surface area contributed by atoms with Crippen LogP contribution in [0.4, 0.5) is 0 Å². The fraction of sp³-hybridized carbons (Fsp3) is 0.818. The Morgan fingerprint density at radius 2 is 2.18 bits per heavy atom. The highest BCUT2D eigenvalue weighted by molar-refractivity contribution is 7.99. The fourth-order valence-electron chi connectivity index (χ4n) is 1.27. The van der Waals surface area contributed by atoms with Crippen LogP contribution < -0.4 is 5.32 Å². The standard InChI is InChI=1S/C11H21N3O2S/c1-3-15-8-5-4-6-12-7-9-17-11-14-13-10(2)16-11/h12H,3-9H2,1-2H3. The van der Waals surface area contributed by atoms with Gasteiger partial charge in [-0.15, -0.1) is 10.2 Å². The summed E-state index contributed by atoms with van der Waals surface area (Å²) in [5.41, 5.74) is 0. The molecule has 17 heavy (non-hydrogen) atoms.